The molecule has 1 aromatic heterocycles. The summed E-state index contributed by atoms with van der Waals surface area (Å²) in [6.07, 6.45) is 0. The lowest BCUT2D eigenvalue weighted by atomic mass is 10.2. The lowest BCUT2D eigenvalue weighted by molar-refractivity contribution is 0.102. The van der Waals surface area contributed by atoms with E-state index in [9.17, 15) is 9.59 Å². The van der Waals surface area contributed by atoms with Crippen LogP contribution in [-0.2, 0) is 0 Å². The first-order valence-electron chi connectivity index (χ1n) is 8.67. The van der Waals surface area contributed by atoms with Gasteiger partial charge in [0.2, 0.25) is 0 Å². The van der Waals surface area contributed by atoms with Gasteiger partial charge in [-0.05, 0) is 54.6 Å². The van der Waals surface area contributed by atoms with Crippen LogP contribution >= 0.6 is 27.3 Å². The minimum absolute atomic E-state index is 0.211. The summed E-state index contributed by atoms with van der Waals surface area (Å²) < 4.78 is 1.85. The van der Waals surface area contributed by atoms with Crippen LogP contribution in [0.25, 0.3) is 10.2 Å². The van der Waals surface area contributed by atoms with Gasteiger partial charge in [-0.3, -0.25) is 10.1 Å². The van der Waals surface area contributed by atoms with Crippen LogP contribution in [0.1, 0.15) is 10.4 Å². The van der Waals surface area contributed by atoms with Crippen molar-refractivity contribution in [2.75, 3.05) is 16.0 Å². The van der Waals surface area contributed by atoms with Crippen LogP contribution in [0.3, 0.4) is 0 Å². The predicted octanol–water partition coefficient (Wildman–Crippen LogP) is 5.96. The Hall–Kier alpha value is -3.23. The first-order valence-corrected chi connectivity index (χ1v) is 10.3. The molecule has 3 aromatic carbocycles. The SMILES string of the molecule is O=C(Nc1ccc(Br)cc1)Nc1ccc2sc(NC(=O)c3ccccc3)nc2c1. The summed E-state index contributed by atoms with van der Waals surface area (Å²) in [6, 6.07) is 21.3. The third-order valence-electron chi connectivity index (χ3n) is 4.00. The van der Waals surface area contributed by atoms with Crippen LogP contribution < -0.4 is 16.0 Å². The zero-order chi connectivity index (χ0) is 20.2. The normalized spacial score (nSPS) is 10.5. The van der Waals surface area contributed by atoms with E-state index in [2.05, 4.69) is 36.9 Å². The zero-order valence-corrected chi connectivity index (χ0v) is 17.4. The second-order valence-corrected chi connectivity index (χ2v) is 8.05. The summed E-state index contributed by atoms with van der Waals surface area (Å²) in [7, 11) is 0. The summed E-state index contributed by atoms with van der Waals surface area (Å²) in [5.41, 5.74) is 2.56. The predicted molar refractivity (Wildman–Crippen MR) is 121 cm³/mol. The molecule has 0 saturated heterocycles. The van der Waals surface area contributed by atoms with Crippen LogP contribution in [0.5, 0.6) is 0 Å². The molecule has 6 nitrogen and oxygen atoms in total. The number of hydrogen-bond donors (Lipinski definition) is 3. The Kier molecular flexibility index (Phi) is 5.55. The fraction of sp³-hybridized carbons (Fsp3) is 0. The van der Waals surface area contributed by atoms with Gasteiger partial charge in [0.15, 0.2) is 5.13 Å². The number of nitrogens with zero attached hydrogens (tertiary/aromatic N) is 1. The van der Waals surface area contributed by atoms with Gasteiger partial charge in [-0.1, -0.05) is 45.5 Å². The number of carbonyl (C=O) groups is 2. The molecule has 144 valence electrons. The summed E-state index contributed by atoms with van der Waals surface area (Å²) in [5.74, 6) is -0.211. The topological polar surface area (TPSA) is 83.1 Å². The number of halogens is 1. The maximum Gasteiger partial charge on any atom is 0.323 e. The third kappa shape index (κ3) is 4.79. The average molecular weight is 467 g/mol. The zero-order valence-electron chi connectivity index (χ0n) is 15.0. The molecule has 0 aliphatic carbocycles. The van der Waals surface area contributed by atoms with Gasteiger partial charge in [-0.2, -0.15) is 0 Å². The molecule has 0 aliphatic rings. The summed E-state index contributed by atoms with van der Waals surface area (Å²) in [6.45, 7) is 0. The molecule has 0 unspecified atom stereocenters. The Morgan fingerprint density at radius 3 is 2.28 bits per heavy atom. The molecular weight excluding hydrogens is 452 g/mol. The molecule has 0 saturated carbocycles. The van der Waals surface area contributed by atoms with E-state index in [0.29, 0.717) is 27.6 Å². The van der Waals surface area contributed by atoms with E-state index in [4.69, 9.17) is 0 Å². The molecule has 29 heavy (non-hydrogen) atoms. The fourth-order valence-corrected chi connectivity index (χ4v) is 3.75. The van der Waals surface area contributed by atoms with Crippen LogP contribution in [0.15, 0.2) is 77.3 Å². The number of nitrogens with one attached hydrogen (secondary N) is 3. The van der Waals surface area contributed by atoms with E-state index < -0.39 is 0 Å². The standard InChI is InChI=1S/C21H15BrN4O2S/c22-14-6-8-15(9-7-14)23-20(28)24-16-10-11-18-17(12-16)25-21(29-18)26-19(27)13-4-2-1-3-5-13/h1-12H,(H2,23,24,28)(H,25,26,27). The van der Waals surface area contributed by atoms with Crippen molar-refractivity contribution < 1.29 is 9.59 Å². The van der Waals surface area contributed by atoms with Gasteiger partial charge in [-0.15, -0.1) is 0 Å². The van der Waals surface area contributed by atoms with Crippen molar-refractivity contribution in [1.29, 1.82) is 0 Å². The van der Waals surface area contributed by atoms with Gasteiger partial charge in [-0.25, -0.2) is 9.78 Å². The van der Waals surface area contributed by atoms with Crippen LogP contribution in [0.4, 0.5) is 21.3 Å². The Labute approximate surface area is 179 Å². The molecule has 4 rings (SSSR count). The molecule has 0 fully saturated rings. The van der Waals surface area contributed by atoms with Crippen molar-refractivity contribution in [3.63, 3.8) is 0 Å². The van der Waals surface area contributed by atoms with Crippen molar-refractivity contribution in [3.05, 3.63) is 82.8 Å². The largest absolute Gasteiger partial charge is 0.323 e. The number of aromatic nitrogens is 1. The van der Waals surface area contributed by atoms with Crippen molar-refractivity contribution in [2.24, 2.45) is 0 Å². The number of anilines is 3. The quantitative estimate of drug-likeness (QED) is 0.347. The molecule has 0 atom stereocenters. The molecular formula is C21H15BrN4O2S. The molecule has 1 heterocycles. The number of carbonyl (C=O) groups excluding carboxylic acids is 2. The number of amides is 3. The van der Waals surface area contributed by atoms with Gasteiger partial charge >= 0.3 is 6.03 Å². The third-order valence-corrected chi connectivity index (χ3v) is 5.48. The highest BCUT2D eigenvalue weighted by Crippen LogP contribution is 2.28. The molecule has 8 heteroatoms. The Balaban J connectivity index is 1.44. The number of rotatable bonds is 4. The van der Waals surface area contributed by atoms with E-state index in [1.54, 1.807) is 36.4 Å². The number of thiazole rings is 1. The van der Waals surface area contributed by atoms with Crippen LogP contribution in [0.2, 0.25) is 0 Å². The number of fused-ring (bicyclic) bond motifs is 1. The van der Waals surface area contributed by atoms with E-state index in [1.165, 1.54) is 11.3 Å². The number of urea groups is 1. The Bertz CT molecular complexity index is 1180. The molecule has 0 radical (unpaired) electrons. The summed E-state index contributed by atoms with van der Waals surface area (Å²) in [4.78, 5) is 28.9. The molecule has 0 bridgehead atoms. The van der Waals surface area contributed by atoms with Crippen molar-refractivity contribution in [3.8, 4) is 0 Å². The molecule has 0 spiro atoms. The number of benzene rings is 3. The second kappa shape index (κ2) is 8.42. The van der Waals surface area contributed by atoms with Crippen molar-refractivity contribution in [1.82, 2.24) is 4.98 Å². The van der Waals surface area contributed by atoms with E-state index in [-0.39, 0.29) is 11.9 Å². The van der Waals surface area contributed by atoms with Gasteiger partial charge < -0.3 is 10.6 Å². The molecule has 4 aromatic rings. The Morgan fingerprint density at radius 2 is 1.52 bits per heavy atom. The molecule has 0 aliphatic heterocycles. The fourth-order valence-electron chi connectivity index (χ4n) is 2.64. The van der Waals surface area contributed by atoms with Gasteiger partial charge in [0.05, 0.1) is 10.2 Å². The van der Waals surface area contributed by atoms with E-state index in [0.717, 1.165) is 9.17 Å². The van der Waals surface area contributed by atoms with Crippen molar-refractivity contribution in [2.45, 2.75) is 0 Å². The Morgan fingerprint density at radius 1 is 0.828 bits per heavy atom. The summed E-state index contributed by atoms with van der Waals surface area (Å²) >= 11 is 4.73. The number of hydrogen-bond acceptors (Lipinski definition) is 4. The van der Waals surface area contributed by atoms with Crippen LogP contribution in [0, 0.1) is 0 Å². The lowest BCUT2D eigenvalue weighted by Gasteiger charge is -2.07. The highest BCUT2D eigenvalue weighted by molar-refractivity contribution is 9.10. The molecule has 3 amide bonds. The van der Waals surface area contributed by atoms with Gasteiger partial charge in [0.25, 0.3) is 5.91 Å². The minimum Gasteiger partial charge on any atom is -0.308 e. The monoisotopic (exact) mass is 466 g/mol. The lowest BCUT2D eigenvalue weighted by Crippen LogP contribution is -2.19. The van der Waals surface area contributed by atoms with Crippen molar-refractivity contribution >= 4 is 65.9 Å². The first-order chi connectivity index (χ1) is 14.1. The second-order valence-electron chi connectivity index (χ2n) is 6.11. The smallest absolute Gasteiger partial charge is 0.308 e. The van der Waals surface area contributed by atoms with Gasteiger partial charge in [0, 0.05) is 21.4 Å². The highest BCUT2D eigenvalue weighted by Gasteiger charge is 2.11. The average Bonchev–Trinajstić information content (AvgIpc) is 3.12. The maximum absolute atomic E-state index is 12.3. The van der Waals surface area contributed by atoms with Gasteiger partial charge in [0.1, 0.15) is 0 Å². The summed E-state index contributed by atoms with van der Waals surface area (Å²) in [5, 5.41) is 8.87. The minimum atomic E-state index is -0.348. The van der Waals surface area contributed by atoms with E-state index in [1.807, 2.05) is 36.4 Å². The van der Waals surface area contributed by atoms with Crippen LogP contribution in [-0.4, -0.2) is 16.9 Å². The first kappa shape index (κ1) is 19.1. The maximum atomic E-state index is 12.3. The van der Waals surface area contributed by atoms with E-state index >= 15 is 0 Å². The highest BCUT2D eigenvalue weighted by atomic mass is 79.9. The molecule has 3 N–H and O–H groups in total.